The minimum absolute atomic E-state index is 0.216. The Labute approximate surface area is 158 Å². The lowest BCUT2D eigenvalue weighted by Crippen LogP contribution is -2.44. The highest BCUT2D eigenvalue weighted by molar-refractivity contribution is 7.89. The summed E-state index contributed by atoms with van der Waals surface area (Å²) in [5.41, 5.74) is 1.37. The maximum atomic E-state index is 12.1. The second-order valence-corrected chi connectivity index (χ2v) is 9.60. The Kier molecular flexibility index (Phi) is 7.09. The van der Waals surface area contributed by atoms with Crippen LogP contribution in [0.2, 0.25) is 0 Å². The second-order valence-electron chi connectivity index (χ2n) is 7.51. The predicted octanol–water partition coefficient (Wildman–Crippen LogP) is 2.87. The number of likely N-dealkylation sites (tertiary alicyclic amines) is 1. The number of nitrogens with zero attached hydrogens (tertiary/aromatic N) is 2. The van der Waals surface area contributed by atoms with Crippen molar-refractivity contribution in [1.29, 1.82) is 0 Å². The fraction of sp³-hybridized carbons (Fsp3) is 0.700. The molecule has 146 valence electrons. The van der Waals surface area contributed by atoms with Gasteiger partial charge >= 0.3 is 0 Å². The number of sulfonamides is 1. The largest absolute Gasteiger partial charge is 0.375 e. The lowest BCUT2D eigenvalue weighted by molar-refractivity contribution is -0.0595. The van der Waals surface area contributed by atoms with Crippen LogP contribution in [0.1, 0.15) is 44.6 Å². The van der Waals surface area contributed by atoms with Gasteiger partial charge in [0.2, 0.25) is 10.0 Å². The van der Waals surface area contributed by atoms with Crippen LogP contribution in [0.25, 0.3) is 0 Å². The zero-order valence-corrected chi connectivity index (χ0v) is 16.7. The van der Waals surface area contributed by atoms with Crippen LogP contribution >= 0.6 is 0 Å². The molecule has 0 saturated carbocycles. The minimum atomic E-state index is -3.06. The molecule has 5 nitrogen and oxygen atoms in total. The third-order valence-electron chi connectivity index (χ3n) is 5.42. The first-order valence-corrected chi connectivity index (χ1v) is 11.6. The summed E-state index contributed by atoms with van der Waals surface area (Å²) in [7, 11) is -3.06. The number of rotatable bonds is 7. The Morgan fingerprint density at radius 2 is 1.54 bits per heavy atom. The molecule has 2 saturated heterocycles. The van der Waals surface area contributed by atoms with Crippen LogP contribution in [0.4, 0.5) is 0 Å². The maximum Gasteiger partial charge on any atom is 0.214 e. The first-order chi connectivity index (χ1) is 12.6. The van der Waals surface area contributed by atoms with Gasteiger partial charge < -0.3 is 4.74 Å². The zero-order valence-electron chi connectivity index (χ0n) is 15.8. The van der Waals surface area contributed by atoms with Crippen LogP contribution in [0, 0.1) is 0 Å². The monoisotopic (exact) mass is 380 g/mol. The average molecular weight is 381 g/mol. The highest BCUT2D eigenvalue weighted by Gasteiger charge is 2.30. The smallest absolute Gasteiger partial charge is 0.214 e. The molecule has 2 aliphatic heterocycles. The number of hydrogen-bond acceptors (Lipinski definition) is 4. The normalized spacial score (nSPS) is 21.9. The van der Waals surface area contributed by atoms with Crippen LogP contribution in [0.15, 0.2) is 30.3 Å². The van der Waals surface area contributed by atoms with Gasteiger partial charge in [-0.25, -0.2) is 12.7 Å². The standard InChI is InChI=1S/C20H32N2O3S/c1-2-16-26(23,24)22-14-10-20(11-15-22)25-19-8-12-21(13-9-19)17-18-6-4-3-5-7-18/h3-7,19-20H,2,8-17H2,1H3. The van der Waals surface area contributed by atoms with Crippen LogP contribution < -0.4 is 0 Å². The Morgan fingerprint density at radius 1 is 0.962 bits per heavy atom. The number of hydrogen-bond donors (Lipinski definition) is 0. The summed E-state index contributed by atoms with van der Waals surface area (Å²) in [6.45, 7) is 6.30. The molecule has 2 heterocycles. The average Bonchev–Trinajstić information content (AvgIpc) is 2.65. The van der Waals surface area contributed by atoms with Gasteiger partial charge in [-0.3, -0.25) is 4.90 Å². The van der Waals surface area contributed by atoms with E-state index in [1.54, 1.807) is 4.31 Å². The molecule has 1 aromatic carbocycles. The summed E-state index contributed by atoms with van der Waals surface area (Å²) < 4.78 is 32.3. The molecule has 3 rings (SSSR count). The van der Waals surface area contributed by atoms with Crippen molar-refractivity contribution in [3.63, 3.8) is 0 Å². The van der Waals surface area contributed by atoms with Gasteiger partial charge in [0.15, 0.2) is 0 Å². The number of piperidine rings is 2. The van der Waals surface area contributed by atoms with Crippen molar-refractivity contribution in [3.8, 4) is 0 Å². The van der Waals surface area contributed by atoms with Crippen molar-refractivity contribution in [2.45, 2.75) is 57.8 Å². The molecule has 0 bridgehead atoms. The van der Waals surface area contributed by atoms with Gasteiger partial charge in [-0.1, -0.05) is 37.3 Å². The van der Waals surface area contributed by atoms with E-state index in [1.807, 2.05) is 6.92 Å². The van der Waals surface area contributed by atoms with Crippen LogP contribution in [-0.2, 0) is 21.3 Å². The fourth-order valence-electron chi connectivity index (χ4n) is 3.95. The van der Waals surface area contributed by atoms with Gasteiger partial charge in [-0.2, -0.15) is 0 Å². The zero-order chi connectivity index (χ0) is 18.4. The van der Waals surface area contributed by atoms with Crippen molar-refractivity contribution in [1.82, 2.24) is 9.21 Å². The van der Waals surface area contributed by atoms with Gasteiger partial charge in [-0.15, -0.1) is 0 Å². The summed E-state index contributed by atoms with van der Waals surface area (Å²) in [5.74, 6) is 0.262. The van der Waals surface area contributed by atoms with Crippen molar-refractivity contribution >= 4 is 10.0 Å². The molecular weight excluding hydrogens is 348 g/mol. The highest BCUT2D eigenvalue weighted by Crippen LogP contribution is 2.23. The van der Waals surface area contributed by atoms with E-state index in [-0.39, 0.29) is 11.9 Å². The molecule has 1 aromatic rings. The third kappa shape index (κ3) is 5.52. The van der Waals surface area contributed by atoms with Gasteiger partial charge in [0, 0.05) is 32.7 Å². The second kappa shape index (κ2) is 9.31. The number of ether oxygens (including phenoxy) is 1. The Balaban J connectivity index is 1.38. The maximum absolute atomic E-state index is 12.1. The van der Waals surface area contributed by atoms with Crippen molar-refractivity contribution in [2.75, 3.05) is 31.9 Å². The molecule has 2 aliphatic rings. The van der Waals surface area contributed by atoms with Gasteiger partial charge in [0.1, 0.15) is 0 Å². The molecule has 0 atom stereocenters. The van der Waals surface area contributed by atoms with Gasteiger partial charge in [0.05, 0.1) is 18.0 Å². The SMILES string of the molecule is CCCS(=O)(=O)N1CCC(OC2CCN(Cc3ccccc3)CC2)CC1. The lowest BCUT2D eigenvalue weighted by atomic mass is 10.0. The molecule has 26 heavy (non-hydrogen) atoms. The molecule has 0 aliphatic carbocycles. The Hall–Kier alpha value is -0.950. The molecule has 0 spiro atoms. The van der Waals surface area contributed by atoms with E-state index in [9.17, 15) is 8.42 Å². The van der Waals surface area contributed by atoms with Gasteiger partial charge in [-0.05, 0) is 37.7 Å². The summed E-state index contributed by atoms with van der Waals surface area (Å²) >= 11 is 0. The molecule has 0 aromatic heterocycles. The molecule has 0 amide bonds. The van der Waals surface area contributed by atoms with Crippen molar-refractivity contribution < 1.29 is 13.2 Å². The Morgan fingerprint density at radius 3 is 2.12 bits per heavy atom. The fourth-order valence-corrected chi connectivity index (χ4v) is 5.49. The van der Waals surface area contributed by atoms with E-state index in [0.29, 0.717) is 25.6 Å². The van der Waals surface area contributed by atoms with Gasteiger partial charge in [0.25, 0.3) is 0 Å². The van der Waals surface area contributed by atoms with E-state index in [2.05, 4.69) is 35.2 Å². The summed E-state index contributed by atoms with van der Waals surface area (Å²) in [6.07, 6.45) is 5.02. The van der Waals surface area contributed by atoms with Crippen molar-refractivity contribution in [2.24, 2.45) is 0 Å². The number of benzene rings is 1. The van der Waals surface area contributed by atoms with E-state index in [4.69, 9.17) is 4.74 Å². The summed E-state index contributed by atoms with van der Waals surface area (Å²) in [4.78, 5) is 2.50. The van der Waals surface area contributed by atoms with Crippen LogP contribution in [0.3, 0.4) is 0 Å². The van der Waals surface area contributed by atoms with Crippen molar-refractivity contribution in [3.05, 3.63) is 35.9 Å². The molecule has 0 radical (unpaired) electrons. The molecule has 6 heteroatoms. The van der Waals surface area contributed by atoms with E-state index in [1.165, 1.54) is 5.56 Å². The van der Waals surface area contributed by atoms with E-state index in [0.717, 1.165) is 45.3 Å². The lowest BCUT2D eigenvalue weighted by Gasteiger charge is -2.36. The molecule has 0 N–H and O–H groups in total. The minimum Gasteiger partial charge on any atom is -0.375 e. The topological polar surface area (TPSA) is 49.9 Å². The quantitative estimate of drug-likeness (QED) is 0.730. The molecule has 2 fully saturated rings. The predicted molar refractivity (Wildman–Crippen MR) is 104 cm³/mol. The van der Waals surface area contributed by atoms with Crippen LogP contribution in [0.5, 0.6) is 0 Å². The third-order valence-corrected chi connectivity index (χ3v) is 7.50. The molecule has 0 unspecified atom stereocenters. The Bertz CT molecular complexity index is 634. The first-order valence-electron chi connectivity index (χ1n) is 9.96. The van der Waals surface area contributed by atoms with E-state index < -0.39 is 10.0 Å². The van der Waals surface area contributed by atoms with E-state index >= 15 is 0 Å². The summed E-state index contributed by atoms with van der Waals surface area (Å²) in [6, 6.07) is 10.6. The highest BCUT2D eigenvalue weighted by atomic mass is 32.2. The first kappa shape index (κ1) is 19.8. The summed E-state index contributed by atoms with van der Waals surface area (Å²) in [5, 5.41) is 0. The van der Waals surface area contributed by atoms with Crippen LogP contribution in [-0.4, -0.2) is 61.8 Å². The molecular formula is C20H32N2O3S.